The molecule has 7 nitrogen and oxygen atoms in total. The maximum Gasteiger partial charge on any atom is 0.303 e. The van der Waals surface area contributed by atoms with E-state index < -0.39 is 11.9 Å². The van der Waals surface area contributed by atoms with Crippen molar-refractivity contribution in [3.63, 3.8) is 0 Å². The summed E-state index contributed by atoms with van der Waals surface area (Å²) in [5.74, 6) is -0.953. The average molecular weight is 534 g/mol. The van der Waals surface area contributed by atoms with Crippen LogP contribution in [0.5, 0.6) is 5.75 Å². The van der Waals surface area contributed by atoms with Crippen LogP contribution in [0.1, 0.15) is 135 Å². The zero-order valence-corrected chi connectivity index (χ0v) is 23.4. The van der Waals surface area contributed by atoms with Gasteiger partial charge in [0.15, 0.2) is 0 Å². The van der Waals surface area contributed by atoms with E-state index in [4.69, 9.17) is 14.9 Å². The predicted molar refractivity (Wildman–Crippen MR) is 153 cm³/mol. The van der Waals surface area contributed by atoms with E-state index in [2.05, 4.69) is 5.32 Å². The Balaban J connectivity index is 1.90. The van der Waals surface area contributed by atoms with Crippen LogP contribution in [0.25, 0.3) is 0 Å². The van der Waals surface area contributed by atoms with Crippen LogP contribution >= 0.6 is 0 Å². The second kappa shape index (κ2) is 23.5. The highest BCUT2D eigenvalue weighted by Gasteiger charge is 2.08. The van der Waals surface area contributed by atoms with Gasteiger partial charge in [-0.15, -0.1) is 0 Å². The molecule has 7 heteroatoms. The number of nitrogens with one attached hydrogen (secondary N) is 1. The van der Waals surface area contributed by atoms with E-state index >= 15 is 0 Å². The molecule has 0 saturated heterocycles. The van der Waals surface area contributed by atoms with Gasteiger partial charge in [-0.25, -0.2) is 0 Å². The first-order valence-electron chi connectivity index (χ1n) is 14.9. The molecule has 0 aliphatic heterocycles. The van der Waals surface area contributed by atoms with Crippen LogP contribution < -0.4 is 10.1 Å². The Morgan fingerprint density at radius 3 is 1.42 bits per heavy atom. The third-order valence-corrected chi connectivity index (χ3v) is 6.75. The molecule has 0 saturated carbocycles. The van der Waals surface area contributed by atoms with Crippen molar-refractivity contribution >= 4 is 23.5 Å². The van der Waals surface area contributed by atoms with Gasteiger partial charge in [-0.1, -0.05) is 108 Å². The number of carbonyl (C=O) groups is 3. The predicted octanol–water partition coefficient (Wildman–Crippen LogP) is 8.37. The minimum Gasteiger partial charge on any atom is -0.491 e. The molecule has 0 aliphatic rings. The van der Waals surface area contributed by atoms with Gasteiger partial charge in [-0.05, 0) is 31.4 Å². The van der Waals surface area contributed by atoms with Crippen molar-refractivity contribution in [1.29, 1.82) is 0 Å². The summed E-state index contributed by atoms with van der Waals surface area (Å²) in [5.41, 5.74) is 0.637. The topological polar surface area (TPSA) is 113 Å². The van der Waals surface area contributed by atoms with Crippen LogP contribution in [-0.2, 0) is 14.4 Å². The van der Waals surface area contributed by atoms with Gasteiger partial charge >= 0.3 is 11.9 Å². The third-order valence-electron chi connectivity index (χ3n) is 6.75. The molecule has 0 heterocycles. The van der Waals surface area contributed by atoms with Crippen LogP contribution in [0.4, 0.5) is 5.69 Å². The molecule has 1 aromatic carbocycles. The molecule has 0 bridgehead atoms. The number of rotatable bonds is 26. The minimum absolute atomic E-state index is 0.0117. The second-order valence-electron chi connectivity index (χ2n) is 10.3. The lowest BCUT2D eigenvalue weighted by Gasteiger charge is -2.12. The van der Waals surface area contributed by atoms with Crippen molar-refractivity contribution in [3.05, 3.63) is 24.3 Å². The highest BCUT2D eigenvalue weighted by Crippen LogP contribution is 2.24. The summed E-state index contributed by atoms with van der Waals surface area (Å²) in [4.78, 5) is 33.4. The zero-order valence-electron chi connectivity index (χ0n) is 23.4. The van der Waals surface area contributed by atoms with Gasteiger partial charge in [0.25, 0.3) is 0 Å². The van der Waals surface area contributed by atoms with Gasteiger partial charge in [-0.3, -0.25) is 14.4 Å². The summed E-state index contributed by atoms with van der Waals surface area (Å²) < 4.78 is 5.64. The molecule has 0 spiro atoms. The van der Waals surface area contributed by atoms with Crippen LogP contribution in [-0.4, -0.2) is 34.7 Å². The van der Waals surface area contributed by atoms with Crippen molar-refractivity contribution in [1.82, 2.24) is 0 Å². The van der Waals surface area contributed by atoms with Gasteiger partial charge < -0.3 is 20.3 Å². The lowest BCUT2D eigenvalue weighted by Crippen LogP contribution is -2.12. The molecular formula is C31H51NO6. The van der Waals surface area contributed by atoms with E-state index in [9.17, 15) is 14.4 Å². The Bertz CT molecular complexity index is 766. The molecular weight excluding hydrogens is 482 g/mol. The maximum atomic E-state index is 12.3. The van der Waals surface area contributed by atoms with Crippen molar-refractivity contribution < 1.29 is 29.3 Å². The molecule has 1 aromatic rings. The Morgan fingerprint density at radius 2 is 0.947 bits per heavy atom. The Morgan fingerprint density at radius 1 is 0.553 bits per heavy atom. The fourth-order valence-corrected chi connectivity index (χ4v) is 4.53. The number of anilines is 1. The lowest BCUT2D eigenvalue weighted by atomic mass is 10.0. The largest absolute Gasteiger partial charge is 0.491 e. The number of unbranched alkanes of at least 4 members (excludes halogenated alkanes) is 16. The number of hydrogen-bond acceptors (Lipinski definition) is 4. The zero-order chi connectivity index (χ0) is 27.7. The Labute approximate surface area is 229 Å². The number of carboxylic acid groups (broad SMARTS) is 2. The lowest BCUT2D eigenvalue weighted by molar-refractivity contribution is -0.138. The standard InChI is InChI=1S/C31H51NO6/c33-29(32-27-21-18-19-22-28(27)38-26-20-25-31(36)37)23-16-14-12-10-8-6-4-2-1-3-5-7-9-11-13-15-17-24-30(34)35/h18-19,21-22H,1-17,20,23-26H2,(H,32,33)(H,34,35)(H,36,37). The van der Waals surface area contributed by atoms with Gasteiger partial charge in [-0.2, -0.15) is 0 Å². The van der Waals surface area contributed by atoms with Crippen LogP contribution in [0.3, 0.4) is 0 Å². The van der Waals surface area contributed by atoms with Crippen LogP contribution in [0.15, 0.2) is 24.3 Å². The van der Waals surface area contributed by atoms with Gasteiger partial charge in [0.2, 0.25) is 5.91 Å². The Kier molecular flexibility index (Phi) is 20.7. The van der Waals surface area contributed by atoms with E-state index in [-0.39, 0.29) is 12.3 Å². The first kappa shape index (κ1) is 33.5. The quantitative estimate of drug-likeness (QED) is 0.103. The van der Waals surface area contributed by atoms with Crippen LogP contribution in [0, 0.1) is 0 Å². The molecule has 0 radical (unpaired) electrons. The van der Waals surface area contributed by atoms with Crippen molar-refractivity contribution in [2.45, 2.75) is 135 Å². The highest BCUT2D eigenvalue weighted by molar-refractivity contribution is 5.92. The fourth-order valence-electron chi connectivity index (χ4n) is 4.53. The van der Waals surface area contributed by atoms with E-state index in [1.165, 1.54) is 83.5 Å². The summed E-state index contributed by atoms with van der Waals surface area (Å²) in [5, 5.41) is 20.3. The number of ether oxygens (including phenoxy) is 1. The first-order chi connectivity index (χ1) is 18.5. The smallest absolute Gasteiger partial charge is 0.303 e. The van der Waals surface area contributed by atoms with E-state index in [0.717, 1.165) is 25.7 Å². The summed E-state index contributed by atoms with van der Waals surface area (Å²) >= 11 is 0. The summed E-state index contributed by atoms with van der Waals surface area (Å²) in [6.07, 6.45) is 21.8. The molecule has 0 aromatic heterocycles. The number of para-hydroxylation sites is 2. The number of carboxylic acids is 2. The van der Waals surface area contributed by atoms with Gasteiger partial charge in [0.05, 0.1) is 12.3 Å². The van der Waals surface area contributed by atoms with Crippen molar-refractivity contribution in [3.8, 4) is 5.75 Å². The molecule has 1 rings (SSSR count). The number of carbonyl (C=O) groups excluding carboxylic acids is 1. The molecule has 38 heavy (non-hydrogen) atoms. The first-order valence-corrected chi connectivity index (χ1v) is 14.9. The fraction of sp³-hybridized carbons (Fsp3) is 0.710. The molecule has 0 unspecified atom stereocenters. The number of amides is 1. The number of hydrogen-bond donors (Lipinski definition) is 3. The second-order valence-corrected chi connectivity index (χ2v) is 10.3. The number of aliphatic carboxylic acids is 2. The summed E-state index contributed by atoms with van der Waals surface area (Å²) in [6, 6.07) is 7.27. The Hall–Kier alpha value is -2.57. The van der Waals surface area contributed by atoms with Crippen LogP contribution in [0.2, 0.25) is 0 Å². The molecule has 0 fully saturated rings. The average Bonchev–Trinajstić information content (AvgIpc) is 2.88. The third kappa shape index (κ3) is 20.5. The molecule has 0 atom stereocenters. The van der Waals surface area contributed by atoms with Gasteiger partial charge in [0, 0.05) is 19.3 Å². The van der Waals surface area contributed by atoms with Gasteiger partial charge in [0.1, 0.15) is 5.75 Å². The SMILES string of the molecule is O=C(O)CCCCCCCCCCCCCCCCCCCC(=O)Nc1ccccc1OCCCC(=O)O. The van der Waals surface area contributed by atoms with Crippen molar-refractivity contribution in [2.24, 2.45) is 0 Å². The maximum absolute atomic E-state index is 12.3. The molecule has 216 valence electrons. The van der Waals surface area contributed by atoms with E-state index in [1.54, 1.807) is 12.1 Å². The minimum atomic E-state index is -0.839. The van der Waals surface area contributed by atoms with Crippen molar-refractivity contribution in [2.75, 3.05) is 11.9 Å². The van der Waals surface area contributed by atoms with E-state index in [0.29, 0.717) is 37.3 Å². The number of benzene rings is 1. The normalized spacial score (nSPS) is 10.8. The monoisotopic (exact) mass is 533 g/mol. The molecule has 0 aliphatic carbocycles. The van der Waals surface area contributed by atoms with E-state index in [1.807, 2.05) is 12.1 Å². The summed E-state index contributed by atoms with van der Waals surface area (Å²) in [6.45, 7) is 0.305. The molecule has 3 N–H and O–H groups in total. The molecule has 1 amide bonds. The highest BCUT2D eigenvalue weighted by atomic mass is 16.5. The summed E-state index contributed by atoms with van der Waals surface area (Å²) in [7, 11) is 0.